The molecule has 20 heavy (non-hydrogen) atoms. The van der Waals surface area contributed by atoms with E-state index in [0.717, 1.165) is 9.87 Å². The van der Waals surface area contributed by atoms with Gasteiger partial charge in [0.25, 0.3) is 5.91 Å². The Labute approximate surface area is 119 Å². The van der Waals surface area contributed by atoms with Crippen LogP contribution >= 0.6 is 0 Å². The third kappa shape index (κ3) is 4.19. The fourth-order valence-electron chi connectivity index (χ4n) is 1.55. The molecule has 0 aliphatic heterocycles. The van der Waals surface area contributed by atoms with Crippen LogP contribution in [0.15, 0.2) is 18.2 Å². The largest absolute Gasteiger partial charge is 0.351 e. The second-order valence-corrected chi connectivity index (χ2v) is 6.85. The van der Waals surface area contributed by atoms with E-state index >= 15 is 0 Å². The summed E-state index contributed by atoms with van der Waals surface area (Å²) in [5.74, 6) is 4.84. The number of carbonyl (C=O) groups excluding carboxylic acids is 1. The molecule has 7 nitrogen and oxygen atoms in total. The zero-order valence-corrected chi connectivity index (χ0v) is 12.6. The zero-order chi connectivity index (χ0) is 15.3. The summed E-state index contributed by atoms with van der Waals surface area (Å²) in [7, 11) is -0.416. The van der Waals surface area contributed by atoms with Gasteiger partial charge >= 0.3 is 0 Å². The van der Waals surface area contributed by atoms with Crippen molar-refractivity contribution in [2.75, 3.05) is 31.8 Å². The Balaban J connectivity index is 2.69. The number of hydrazine groups is 1. The second kappa shape index (κ2) is 6.69. The summed E-state index contributed by atoms with van der Waals surface area (Å²) in [4.78, 5) is 12.0. The van der Waals surface area contributed by atoms with Gasteiger partial charge in [-0.1, -0.05) is 6.07 Å². The Hall–Kier alpha value is -1.64. The number of nitrogens with one attached hydrogen (secondary N) is 2. The van der Waals surface area contributed by atoms with Crippen molar-refractivity contribution < 1.29 is 13.2 Å². The fraction of sp³-hybridized carbons (Fsp3) is 0.417. The van der Waals surface area contributed by atoms with Crippen molar-refractivity contribution in [2.45, 2.75) is 6.92 Å². The van der Waals surface area contributed by atoms with E-state index in [4.69, 9.17) is 5.84 Å². The third-order valence-electron chi connectivity index (χ3n) is 2.78. The second-order valence-electron chi connectivity index (χ2n) is 4.55. The third-order valence-corrected chi connectivity index (χ3v) is 4.61. The first-order valence-corrected chi connectivity index (χ1v) is 7.64. The van der Waals surface area contributed by atoms with Crippen molar-refractivity contribution >= 4 is 21.6 Å². The monoisotopic (exact) mass is 300 g/mol. The molecular weight excluding hydrogens is 280 g/mol. The first-order valence-electron chi connectivity index (χ1n) is 6.03. The molecular formula is C12H20N4O3S. The molecule has 8 heteroatoms. The average Bonchev–Trinajstić information content (AvgIpc) is 2.37. The molecule has 0 bridgehead atoms. The molecule has 0 unspecified atom stereocenters. The summed E-state index contributed by atoms with van der Waals surface area (Å²) in [6.07, 6.45) is 0. The molecule has 4 N–H and O–H groups in total. The molecule has 0 heterocycles. The van der Waals surface area contributed by atoms with E-state index in [-0.39, 0.29) is 18.2 Å². The predicted molar refractivity (Wildman–Crippen MR) is 78.8 cm³/mol. The maximum atomic E-state index is 12.0. The number of anilines is 1. The van der Waals surface area contributed by atoms with Crippen molar-refractivity contribution in [2.24, 2.45) is 5.84 Å². The number of nitrogen functional groups attached to an aromatic ring is 1. The van der Waals surface area contributed by atoms with Gasteiger partial charge in [-0.15, -0.1) is 0 Å². The predicted octanol–water partition coefficient (Wildman–Crippen LogP) is -0.0982. The molecule has 0 saturated carbocycles. The molecule has 112 valence electrons. The van der Waals surface area contributed by atoms with Gasteiger partial charge in [0, 0.05) is 20.6 Å². The van der Waals surface area contributed by atoms with Gasteiger partial charge in [-0.3, -0.25) is 10.6 Å². The van der Waals surface area contributed by atoms with Gasteiger partial charge < -0.3 is 10.7 Å². The number of carbonyl (C=O) groups is 1. The van der Waals surface area contributed by atoms with Gasteiger partial charge in [0.15, 0.2) is 0 Å². The minimum absolute atomic E-state index is 0.0389. The molecule has 0 aliphatic carbocycles. The Morgan fingerprint density at radius 1 is 1.35 bits per heavy atom. The van der Waals surface area contributed by atoms with Crippen LogP contribution in [0.3, 0.4) is 0 Å². The van der Waals surface area contributed by atoms with Gasteiger partial charge in [0.2, 0.25) is 10.0 Å². The van der Waals surface area contributed by atoms with Crippen molar-refractivity contribution in [3.05, 3.63) is 29.3 Å². The van der Waals surface area contributed by atoms with Gasteiger partial charge in [-0.2, -0.15) is 0 Å². The van der Waals surface area contributed by atoms with Crippen LogP contribution in [0, 0.1) is 6.92 Å². The highest BCUT2D eigenvalue weighted by Crippen LogP contribution is 2.16. The molecule has 1 aromatic carbocycles. The number of benzene rings is 1. The lowest BCUT2D eigenvalue weighted by molar-refractivity contribution is 0.0957. The van der Waals surface area contributed by atoms with Crippen LogP contribution in [-0.4, -0.2) is 45.0 Å². The lowest BCUT2D eigenvalue weighted by Crippen LogP contribution is -2.34. The summed E-state index contributed by atoms with van der Waals surface area (Å²) in [6.45, 7) is 1.92. The number of aryl methyl sites for hydroxylation is 1. The van der Waals surface area contributed by atoms with Gasteiger partial charge in [-0.25, -0.2) is 12.7 Å². The Morgan fingerprint density at radius 3 is 2.55 bits per heavy atom. The quantitative estimate of drug-likeness (QED) is 0.503. The summed E-state index contributed by atoms with van der Waals surface area (Å²) >= 11 is 0. The van der Waals surface area contributed by atoms with E-state index < -0.39 is 10.0 Å². The standard InChI is InChI=1S/C12H20N4O3S/c1-9-4-5-10(11(8-9)15-13)12(17)14-6-7-20(18,19)16(2)3/h4-5,8,15H,6-7,13H2,1-3H3,(H,14,17). The van der Waals surface area contributed by atoms with Crippen LogP contribution < -0.4 is 16.6 Å². The number of hydrogen-bond acceptors (Lipinski definition) is 5. The van der Waals surface area contributed by atoms with Crippen LogP contribution in [0.25, 0.3) is 0 Å². The van der Waals surface area contributed by atoms with E-state index in [0.29, 0.717) is 11.3 Å². The van der Waals surface area contributed by atoms with E-state index in [9.17, 15) is 13.2 Å². The lowest BCUT2D eigenvalue weighted by Gasteiger charge is -2.13. The Morgan fingerprint density at radius 2 is 2.00 bits per heavy atom. The molecule has 1 aromatic rings. The van der Waals surface area contributed by atoms with Crippen LogP contribution in [0.5, 0.6) is 0 Å². The van der Waals surface area contributed by atoms with Gasteiger partial charge in [0.05, 0.1) is 17.0 Å². The van der Waals surface area contributed by atoms with Gasteiger partial charge in [-0.05, 0) is 24.6 Å². The number of hydrogen-bond donors (Lipinski definition) is 3. The summed E-state index contributed by atoms with van der Waals surface area (Å²) in [6, 6.07) is 5.16. The number of nitrogens with two attached hydrogens (primary N) is 1. The molecule has 0 fully saturated rings. The first-order chi connectivity index (χ1) is 9.27. The molecule has 0 saturated heterocycles. The number of nitrogens with zero attached hydrogens (tertiary/aromatic N) is 1. The fourth-order valence-corrected chi connectivity index (χ4v) is 2.27. The molecule has 0 aromatic heterocycles. The van der Waals surface area contributed by atoms with Crippen molar-refractivity contribution in [1.29, 1.82) is 0 Å². The average molecular weight is 300 g/mol. The summed E-state index contributed by atoms with van der Waals surface area (Å²) in [5, 5.41) is 2.56. The summed E-state index contributed by atoms with van der Waals surface area (Å²) in [5.41, 5.74) is 4.29. The molecule has 0 radical (unpaired) electrons. The van der Waals surface area contributed by atoms with Crippen molar-refractivity contribution in [3.63, 3.8) is 0 Å². The number of rotatable bonds is 6. The van der Waals surface area contributed by atoms with Gasteiger partial charge in [0.1, 0.15) is 0 Å². The van der Waals surface area contributed by atoms with Crippen LogP contribution in [0.1, 0.15) is 15.9 Å². The van der Waals surface area contributed by atoms with Crippen molar-refractivity contribution in [1.82, 2.24) is 9.62 Å². The van der Waals surface area contributed by atoms with Crippen LogP contribution in [0.2, 0.25) is 0 Å². The normalized spacial score (nSPS) is 11.4. The topological polar surface area (TPSA) is 105 Å². The highest BCUT2D eigenvalue weighted by atomic mass is 32.2. The molecule has 0 spiro atoms. The molecule has 1 amide bonds. The molecule has 1 rings (SSSR count). The zero-order valence-electron chi connectivity index (χ0n) is 11.8. The molecule has 0 atom stereocenters. The van der Waals surface area contributed by atoms with E-state index in [1.165, 1.54) is 14.1 Å². The summed E-state index contributed by atoms with van der Waals surface area (Å²) < 4.78 is 24.2. The molecule has 0 aliphatic rings. The van der Waals surface area contributed by atoms with E-state index in [1.54, 1.807) is 18.2 Å². The van der Waals surface area contributed by atoms with Crippen LogP contribution in [0.4, 0.5) is 5.69 Å². The highest BCUT2D eigenvalue weighted by Gasteiger charge is 2.15. The SMILES string of the molecule is Cc1ccc(C(=O)NCCS(=O)(=O)N(C)C)c(NN)c1. The van der Waals surface area contributed by atoms with E-state index in [1.807, 2.05) is 6.92 Å². The van der Waals surface area contributed by atoms with Crippen molar-refractivity contribution in [3.8, 4) is 0 Å². The van der Waals surface area contributed by atoms with Crippen LogP contribution in [-0.2, 0) is 10.0 Å². The smallest absolute Gasteiger partial charge is 0.253 e. The Kier molecular flexibility index (Phi) is 5.49. The van der Waals surface area contributed by atoms with E-state index in [2.05, 4.69) is 10.7 Å². The minimum atomic E-state index is -3.32. The number of amides is 1. The maximum absolute atomic E-state index is 12.0. The lowest BCUT2D eigenvalue weighted by atomic mass is 10.1. The first kappa shape index (κ1) is 16.4. The Bertz CT molecular complexity index is 584. The minimum Gasteiger partial charge on any atom is -0.351 e. The number of sulfonamides is 1. The highest BCUT2D eigenvalue weighted by molar-refractivity contribution is 7.89. The maximum Gasteiger partial charge on any atom is 0.253 e.